The van der Waals surface area contributed by atoms with E-state index in [4.69, 9.17) is 10.2 Å². The van der Waals surface area contributed by atoms with Crippen LogP contribution >= 0.6 is 27.3 Å². The summed E-state index contributed by atoms with van der Waals surface area (Å²) < 4.78 is 26.2. The third-order valence-electron chi connectivity index (χ3n) is 1.91. The minimum atomic E-state index is -3.94. The highest BCUT2D eigenvalue weighted by Crippen LogP contribution is 2.29. The van der Waals surface area contributed by atoms with Crippen LogP contribution in [0.15, 0.2) is 14.7 Å². The Kier molecular flexibility index (Phi) is 4.67. The van der Waals surface area contributed by atoms with Crippen molar-refractivity contribution < 1.29 is 23.4 Å². The first kappa shape index (κ1) is 14.6. The predicted octanol–water partition coefficient (Wildman–Crippen LogP) is 0.543. The maximum Gasteiger partial charge on any atom is 0.324 e. The fraction of sp³-hybridized carbons (Fsp3) is 0.375. The number of aliphatic carboxylic acids is 1. The standard InChI is InChI=1S/C8H10BrNO5S2/c1-4-6(2-7(9)16-4)17(14,15)10-5(3-11)8(12)13/h2,5,10-11H,3H2,1H3,(H,12,13). The van der Waals surface area contributed by atoms with Gasteiger partial charge in [0, 0.05) is 4.88 Å². The van der Waals surface area contributed by atoms with E-state index in [-0.39, 0.29) is 4.90 Å². The average Bonchev–Trinajstić information content (AvgIpc) is 2.54. The maximum atomic E-state index is 11.8. The summed E-state index contributed by atoms with van der Waals surface area (Å²) in [6.45, 7) is 0.803. The molecule has 1 aromatic rings. The molecule has 0 aliphatic heterocycles. The largest absolute Gasteiger partial charge is 0.480 e. The van der Waals surface area contributed by atoms with Gasteiger partial charge in [0.25, 0.3) is 0 Å². The summed E-state index contributed by atoms with van der Waals surface area (Å²) in [7, 11) is -3.94. The number of aliphatic hydroxyl groups excluding tert-OH is 1. The number of aliphatic hydroxyl groups is 1. The fourth-order valence-corrected chi connectivity index (χ4v) is 4.71. The number of rotatable bonds is 5. The Morgan fingerprint density at radius 3 is 2.59 bits per heavy atom. The first-order chi connectivity index (χ1) is 7.77. The molecule has 17 heavy (non-hydrogen) atoms. The van der Waals surface area contributed by atoms with Gasteiger partial charge < -0.3 is 10.2 Å². The molecule has 0 aromatic carbocycles. The lowest BCUT2D eigenvalue weighted by molar-refractivity contribution is -0.139. The van der Waals surface area contributed by atoms with Crippen LogP contribution in [0.3, 0.4) is 0 Å². The van der Waals surface area contributed by atoms with E-state index in [1.165, 1.54) is 17.4 Å². The number of hydrogen-bond donors (Lipinski definition) is 3. The van der Waals surface area contributed by atoms with E-state index in [1.807, 2.05) is 4.72 Å². The summed E-state index contributed by atoms with van der Waals surface area (Å²) in [5.74, 6) is -1.43. The van der Waals surface area contributed by atoms with E-state index in [1.54, 1.807) is 6.92 Å². The zero-order valence-electron chi connectivity index (χ0n) is 8.68. The number of thiophene rings is 1. The van der Waals surface area contributed by atoms with E-state index in [2.05, 4.69) is 15.9 Å². The number of halogens is 1. The molecule has 96 valence electrons. The lowest BCUT2D eigenvalue weighted by Gasteiger charge is -2.11. The van der Waals surface area contributed by atoms with Gasteiger partial charge in [-0.2, -0.15) is 4.72 Å². The molecule has 1 aromatic heterocycles. The van der Waals surface area contributed by atoms with Gasteiger partial charge in [0.05, 0.1) is 15.3 Å². The van der Waals surface area contributed by atoms with Gasteiger partial charge in [0.1, 0.15) is 6.04 Å². The summed E-state index contributed by atoms with van der Waals surface area (Å²) in [5.41, 5.74) is 0. The normalized spacial score (nSPS) is 13.6. The van der Waals surface area contributed by atoms with Crippen LogP contribution < -0.4 is 4.72 Å². The Morgan fingerprint density at radius 1 is 1.65 bits per heavy atom. The highest BCUT2D eigenvalue weighted by molar-refractivity contribution is 9.11. The van der Waals surface area contributed by atoms with Gasteiger partial charge >= 0.3 is 5.97 Å². The summed E-state index contributed by atoms with van der Waals surface area (Å²) in [4.78, 5) is 11.2. The van der Waals surface area contributed by atoms with Crippen LogP contribution in [0.2, 0.25) is 0 Å². The maximum absolute atomic E-state index is 11.8. The number of carboxylic acid groups (broad SMARTS) is 1. The minimum absolute atomic E-state index is 0.00840. The summed E-state index contributed by atoms with van der Waals surface area (Å²) in [5, 5.41) is 17.4. The Hall–Kier alpha value is -0.480. The van der Waals surface area contributed by atoms with Crippen molar-refractivity contribution in [1.82, 2.24) is 4.72 Å². The molecular weight excluding hydrogens is 334 g/mol. The summed E-state index contributed by atoms with van der Waals surface area (Å²) in [6, 6.07) is -0.156. The highest BCUT2D eigenvalue weighted by atomic mass is 79.9. The summed E-state index contributed by atoms with van der Waals surface area (Å²) >= 11 is 4.37. The third kappa shape index (κ3) is 3.49. The highest BCUT2D eigenvalue weighted by Gasteiger charge is 2.26. The van der Waals surface area contributed by atoms with Gasteiger partial charge in [0.2, 0.25) is 10.0 Å². The van der Waals surface area contributed by atoms with Crippen LogP contribution in [0.4, 0.5) is 0 Å². The predicted molar refractivity (Wildman–Crippen MR) is 65.6 cm³/mol. The van der Waals surface area contributed by atoms with Gasteiger partial charge in [-0.25, -0.2) is 8.42 Å². The number of nitrogens with one attached hydrogen (secondary N) is 1. The van der Waals surface area contributed by atoms with Crippen LogP contribution in [-0.4, -0.2) is 37.2 Å². The molecule has 0 bridgehead atoms. The van der Waals surface area contributed by atoms with Crippen molar-refractivity contribution in [3.8, 4) is 0 Å². The van der Waals surface area contributed by atoms with E-state index >= 15 is 0 Å². The quantitative estimate of drug-likeness (QED) is 0.723. The number of sulfonamides is 1. The zero-order chi connectivity index (χ0) is 13.2. The monoisotopic (exact) mass is 343 g/mol. The van der Waals surface area contributed by atoms with E-state index in [0.29, 0.717) is 8.66 Å². The minimum Gasteiger partial charge on any atom is -0.480 e. The molecule has 0 fully saturated rings. The van der Waals surface area contributed by atoms with Gasteiger partial charge in [-0.05, 0) is 28.9 Å². The van der Waals surface area contributed by atoms with E-state index in [9.17, 15) is 13.2 Å². The molecular formula is C8H10BrNO5S2. The van der Waals surface area contributed by atoms with Crippen molar-refractivity contribution in [2.24, 2.45) is 0 Å². The summed E-state index contributed by atoms with van der Waals surface area (Å²) in [6.07, 6.45) is 0. The third-order valence-corrected chi connectivity index (χ3v) is 5.19. The van der Waals surface area contributed by atoms with Crippen molar-refractivity contribution >= 4 is 43.3 Å². The van der Waals surface area contributed by atoms with Gasteiger partial charge in [-0.1, -0.05) is 0 Å². The van der Waals surface area contributed by atoms with Crippen molar-refractivity contribution in [3.63, 3.8) is 0 Å². The Morgan fingerprint density at radius 2 is 2.24 bits per heavy atom. The molecule has 1 atom stereocenters. The Balaban J connectivity index is 3.04. The average molecular weight is 344 g/mol. The smallest absolute Gasteiger partial charge is 0.324 e. The van der Waals surface area contributed by atoms with Gasteiger partial charge in [-0.3, -0.25) is 4.79 Å². The number of aryl methyl sites for hydroxylation is 1. The molecule has 0 saturated carbocycles. The first-order valence-electron chi connectivity index (χ1n) is 4.40. The molecule has 0 radical (unpaired) electrons. The molecule has 3 N–H and O–H groups in total. The second-order valence-electron chi connectivity index (χ2n) is 3.17. The molecule has 0 aliphatic carbocycles. The topological polar surface area (TPSA) is 104 Å². The van der Waals surface area contributed by atoms with Crippen molar-refractivity contribution in [3.05, 3.63) is 14.7 Å². The van der Waals surface area contributed by atoms with Crippen LogP contribution in [-0.2, 0) is 14.8 Å². The van der Waals surface area contributed by atoms with Crippen LogP contribution in [0.5, 0.6) is 0 Å². The van der Waals surface area contributed by atoms with Crippen LogP contribution in [0.25, 0.3) is 0 Å². The number of hydrogen-bond acceptors (Lipinski definition) is 5. The van der Waals surface area contributed by atoms with E-state index < -0.39 is 28.6 Å². The molecule has 0 spiro atoms. The zero-order valence-corrected chi connectivity index (χ0v) is 11.9. The molecule has 0 amide bonds. The first-order valence-corrected chi connectivity index (χ1v) is 7.49. The molecule has 9 heteroatoms. The molecule has 0 aliphatic rings. The molecule has 6 nitrogen and oxygen atoms in total. The second-order valence-corrected chi connectivity index (χ2v) is 7.48. The fourth-order valence-electron chi connectivity index (χ4n) is 1.11. The van der Waals surface area contributed by atoms with Crippen LogP contribution in [0.1, 0.15) is 4.88 Å². The lowest BCUT2D eigenvalue weighted by Crippen LogP contribution is -2.43. The van der Waals surface area contributed by atoms with Gasteiger partial charge in [-0.15, -0.1) is 11.3 Å². The van der Waals surface area contributed by atoms with Crippen molar-refractivity contribution in [2.45, 2.75) is 17.9 Å². The molecule has 1 unspecified atom stereocenters. The molecule has 0 saturated heterocycles. The number of carboxylic acids is 1. The second kappa shape index (κ2) is 5.44. The van der Waals surface area contributed by atoms with Gasteiger partial charge in [0.15, 0.2) is 0 Å². The SMILES string of the molecule is Cc1sc(Br)cc1S(=O)(=O)NC(CO)C(=O)O. The molecule has 1 heterocycles. The number of carbonyl (C=O) groups is 1. The lowest BCUT2D eigenvalue weighted by atomic mass is 10.3. The van der Waals surface area contributed by atoms with E-state index in [0.717, 1.165) is 0 Å². The van der Waals surface area contributed by atoms with Crippen LogP contribution in [0, 0.1) is 6.92 Å². The van der Waals surface area contributed by atoms with Crippen molar-refractivity contribution in [1.29, 1.82) is 0 Å². The Labute approximate surface area is 110 Å². The van der Waals surface area contributed by atoms with Crippen molar-refractivity contribution in [2.75, 3.05) is 6.61 Å². The molecule has 1 rings (SSSR count). The Bertz CT molecular complexity index is 524.